The van der Waals surface area contributed by atoms with Gasteiger partial charge in [-0.3, -0.25) is 14.5 Å². The van der Waals surface area contributed by atoms with Crippen molar-refractivity contribution in [3.8, 4) is 11.5 Å². The average Bonchev–Trinajstić information content (AvgIpc) is 2.82. The number of aryl methyl sites for hydroxylation is 1. The first kappa shape index (κ1) is 21.2. The third-order valence-corrected chi connectivity index (χ3v) is 5.64. The Morgan fingerprint density at radius 3 is 2.42 bits per heavy atom. The second-order valence-electron chi connectivity index (χ2n) is 7.90. The van der Waals surface area contributed by atoms with Crippen molar-refractivity contribution in [3.05, 3.63) is 60.2 Å². The first-order chi connectivity index (χ1) is 15.2. The monoisotopic (exact) mass is 423 g/mol. The molecule has 2 heterocycles. The van der Waals surface area contributed by atoms with Crippen LogP contribution in [0.5, 0.6) is 11.5 Å². The highest BCUT2D eigenvalue weighted by molar-refractivity contribution is 5.82. The summed E-state index contributed by atoms with van der Waals surface area (Å²) in [5, 5.41) is 3.00. The third-order valence-electron chi connectivity index (χ3n) is 5.64. The topological polar surface area (TPSA) is 71.1 Å². The predicted molar refractivity (Wildman–Crippen MR) is 117 cm³/mol. The minimum absolute atomic E-state index is 0.0356. The molecule has 2 aromatic carbocycles. The van der Waals surface area contributed by atoms with E-state index >= 15 is 0 Å². The van der Waals surface area contributed by atoms with E-state index in [-0.39, 0.29) is 18.4 Å². The summed E-state index contributed by atoms with van der Waals surface area (Å²) in [5.74, 6) is 1.26. The van der Waals surface area contributed by atoms with Gasteiger partial charge in [0, 0.05) is 32.7 Å². The van der Waals surface area contributed by atoms with E-state index in [9.17, 15) is 9.59 Å². The largest absolute Gasteiger partial charge is 0.485 e. The lowest BCUT2D eigenvalue weighted by Crippen LogP contribution is -2.55. The first-order valence-corrected chi connectivity index (χ1v) is 10.9. The van der Waals surface area contributed by atoms with Gasteiger partial charge in [0.15, 0.2) is 11.5 Å². The van der Waals surface area contributed by atoms with E-state index in [0.717, 1.165) is 12.8 Å². The van der Waals surface area contributed by atoms with Gasteiger partial charge in [-0.15, -0.1) is 0 Å². The van der Waals surface area contributed by atoms with Crippen molar-refractivity contribution in [2.45, 2.75) is 18.9 Å². The molecule has 4 rings (SSSR count). The van der Waals surface area contributed by atoms with Crippen molar-refractivity contribution in [1.82, 2.24) is 15.1 Å². The Hall–Kier alpha value is -3.06. The van der Waals surface area contributed by atoms with Crippen molar-refractivity contribution >= 4 is 11.8 Å². The van der Waals surface area contributed by atoms with E-state index in [0.29, 0.717) is 50.8 Å². The van der Waals surface area contributed by atoms with Crippen LogP contribution in [-0.4, -0.2) is 73.6 Å². The number of carbonyl (C=O) groups excluding carboxylic acids is 2. The molecule has 7 heteroatoms. The lowest BCUT2D eigenvalue weighted by atomic mass is 10.1. The minimum Gasteiger partial charge on any atom is -0.485 e. The van der Waals surface area contributed by atoms with Crippen LogP contribution >= 0.6 is 0 Å². The number of nitrogens with one attached hydrogen (secondary N) is 1. The van der Waals surface area contributed by atoms with Crippen LogP contribution < -0.4 is 14.8 Å². The molecular weight excluding hydrogens is 394 g/mol. The molecule has 0 aliphatic carbocycles. The molecule has 0 aromatic heterocycles. The van der Waals surface area contributed by atoms with Gasteiger partial charge in [-0.25, -0.2) is 0 Å². The lowest BCUT2D eigenvalue weighted by Gasteiger charge is -2.36. The van der Waals surface area contributed by atoms with Crippen LogP contribution in [0.4, 0.5) is 0 Å². The van der Waals surface area contributed by atoms with Crippen molar-refractivity contribution < 1.29 is 19.1 Å². The van der Waals surface area contributed by atoms with Crippen molar-refractivity contribution in [1.29, 1.82) is 0 Å². The molecule has 164 valence electrons. The number of para-hydroxylation sites is 2. The Balaban J connectivity index is 1.14. The smallest absolute Gasteiger partial charge is 0.267 e. The van der Waals surface area contributed by atoms with Gasteiger partial charge in [0.2, 0.25) is 12.0 Å². The summed E-state index contributed by atoms with van der Waals surface area (Å²) in [6.45, 7) is 3.78. The van der Waals surface area contributed by atoms with E-state index in [1.807, 2.05) is 42.5 Å². The van der Waals surface area contributed by atoms with E-state index in [1.54, 1.807) is 4.90 Å². The van der Waals surface area contributed by atoms with Crippen molar-refractivity contribution in [3.63, 3.8) is 0 Å². The van der Waals surface area contributed by atoms with Gasteiger partial charge in [-0.05, 0) is 30.5 Å². The Bertz CT molecular complexity index is 881. The number of fused-ring (bicyclic) bond motifs is 1. The molecule has 31 heavy (non-hydrogen) atoms. The maximum atomic E-state index is 12.8. The molecule has 2 amide bonds. The van der Waals surface area contributed by atoms with Crippen molar-refractivity contribution in [2.75, 3.05) is 45.9 Å². The molecule has 1 saturated heterocycles. The zero-order chi connectivity index (χ0) is 21.5. The summed E-state index contributed by atoms with van der Waals surface area (Å²) >= 11 is 0. The van der Waals surface area contributed by atoms with Gasteiger partial charge in [-0.1, -0.05) is 42.5 Å². The fourth-order valence-corrected chi connectivity index (χ4v) is 3.90. The highest BCUT2D eigenvalue weighted by Gasteiger charge is 2.32. The van der Waals surface area contributed by atoms with E-state index in [2.05, 4.69) is 22.3 Å². The maximum absolute atomic E-state index is 12.8. The van der Waals surface area contributed by atoms with E-state index in [4.69, 9.17) is 9.47 Å². The van der Waals surface area contributed by atoms with Crippen LogP contribution in [0.3, 0.4) is 0 Å². The van der Waals surface area contributed by atoms with Gasteiger partial charge in [0.05, 0.1) is 6.54 Å². The minimum atomic E-state index is -0.616. The second kappa shape index (κ2) is 10.3. The molecule has 1 fully saturated rings. The van der Waals surface area contributed by atoms with Crippen LogP contribution in [0, 0.1) is 0 Å². The molecule has 2 aromatic rings. The SMILES string of the molecule is O=C(CN1CCN(C(=O)[C@H]2COc3ccccc3O2)CC1)NCCCc1ccccc1. The zero-order valence-corrected chi connectivity index (χ0v) is 17.7. The Labute approximate surface area is 182 Å². The zero-order valence-electron chi connectivity index (χ0n) is 17.7. The molecule has 7 nitrogen and oxygen atoms in total. The quantitative estimate of drug-likeness (QED) is 0.687. The number of hydrogen-bond acceptors (Lipinski definition) is 5. The second-order valence-corrected chi connectivity index (χ2v) is 7.90. The fraction of sp³-hybridized carbons (Fsp3) is 0.417. The number of benzene rings is 2. The number of ether oxygens (including phenoxy) is 2. The summed E-state index contributed by atoms with van der Waals surface area (Å²) in [4.78, 5) is 28.9. The number of piperazine rings is 1. The van der Waals surface area contributed by atoms with Crippen LogP contribution in [0.25, 0.3) is 0 Å². The van der Waals surface area contributed by atoms with E-state index in [1.165, 1.54) is 5.56 Å². The molecule has 1 N–H and O–H groups in total. The standard InChI is InChI=1S/C24H29N3O4/c28-23(25-12-6-9-19-7-2-1-3-8-19)17-26-13-15-27(16-14-26)24(29)22-18-30-20-10-4-5-11-21(20)31-22/h1-5,7-8,10-11,22H,6,9,12-18H2,(H,25,28)/t22-/m1/s1. The molecule has 1 atom stereocenters. The number of rotatable bonds is 7. The molecule has 2 aliphatic rings. The number of nitrogens with zero attached hydrogens (tertiary/aromatic N) is 2. The summed E-state index contributed by atoms with van der Waals surface area (Å²) < 4.78 is 11.5. The summed E-state index contributed by atoms with van der Waals surface area (Å²) in [5.41, 5.74) is 1.29. The summed E-state index contributed by atoms with van der Waals surface area (Å²) in [6.07, 6.45) is 1.26. The molecule has 0 radical (unpaired) electrons. The number of hydrogen-bond donors (Lipinski definition) is 1. The highest BCUT2D eigenvalue weighted by Crippen LogP contribution is 2.31. The molecule has 0 unspecified atom stereocenters. The molecule has 0 spiro atoms. The summed E-state index contributed by atoms with van der Waals surface area (Å²) in [7, 11) is 0. The molecule has 0 bridgehead atoms. The predicted octanol–water partition coefficient (Wildman–Crippen LogP) is 1.72. The average molecular weight is 424 g/mol. The third kappa shape index (κ3) is 5.76. The Kier molecular flexibility index (Phi) is 7.04. The first-order valence-electron chi connectivity index (χ1n) is 10.9. The molecule has 2 aliphatic heterocycles. The molecule has 0 saturated carbocycles. The highest BCUT2D eigenvalue weighted by atomic mass is 16.6. The van der Waals surface area contributed by atoms with Gasteiger partial charge in [0.1, 0.15) is 6.61 Å². The Morgan fingerprint density at radius 1 is 0.935 bits per heavy atom. The van der Waals surface area contributed by atoms with Crippen LogP contribution in [0.2, 0.25) is 0 Å². The van der Waals surface area contributed by atoms with Gasteiger partial charge in [-0.2, -0.15) is 0 Å². The van der Waals surface area contributed by atoms with Gasteiger partial charge in [0.25, 0.3) is 5.91 Å². The van der Waals surface area contributed by atoms with Crippen LogP contribution in [0.15, 0.2) is 54.6 Å². The van der Waals surface area contributed by atoms with Gasteiger partial charge < -0.3 is 19.7 Å². The van der Waals surface area contributed by atoms with Crippen LogP contribution in [-0.2, 0) is 16.0 Å². The van der Waals surface area contributed by atoms with E-state index < -0.39 is 6.10 Å². The normalized spacial score (nSPS) is 18.5. The fourth-order valence-electron chi connectivity index (χ4n) is 3.90. The van der Waals surface area contributed by atoms with Gasteiger partial charge >= 0.3 is 0 Å². The summed E-state index contributed by atoms with van der Waals surface area (Å²) in [6, 6.07) is 17.7. The maximum Gasteiger partial charge on any atom is 0.267 e. The number of carbonyl (C=O) groups is 2. The molecular formula is C24H29N3O4. The lowest BCUT2D eigenvalue weighted by molar-refractivity contribution is -0.143. The Morgan fingerprint density at radius 2 is 1.65 bits per heavy atom. The van der Waals surface area contributed by atoms with Crippen LogP contribution in [0.1, 0.15) is 12.0 Å². The number of amides is 2. The van der Waals surface area contributed by atoms with Crippen molar-refractivity contribution in [2.24, 2.45) is 0 Å².